The van der Waals surface area contributed by atoms with Crippen LogP contribution in [0.15, 0.2) is 23.6 Å². The van der Waals surface area contributed by atoms with Crippen molar-refractivity contribution in [2.75, 3.05) is 14.2 Å². The fourth-order valence-electron chi connectivity index (χ4n) is 1.90. The highest BCUT2D eigenvalue weighted by Crippen LogP contribution is 2.23. The molecule has 20 heavy (non-hydrogen) atoms. The highest BCUT2D eigenvalue weighted by atomic mass is 32.1. The van der Waals surface area contributed by atoms with Crippen LogP contribution in [0.3, 0.4) is 0 Å². The summed E-state index contributed by atoms with van der Waals surface area (Å²) in [5.74, 6) is 1.61. The van der Waals surface area contributed by atoms with Crippen molar-refractivity contribution < 1.29 is 9.47 Å². The van der Waals surface area contributed by atoms with Gasteiger partial charge in [0.2, 0.25) is 0 Å². The first kappa shape index (κ1) is 14.8. The summed E-state index contributed by atoms with van der Waals surface area (Å²) in [6.45, 7) is 4.88. The number of ether oxygens (including phenoxy) is 2. The first-order valence-corrected chi connectivity index (χ1v) is 7.37. The predicted octanol–water partition coefficient (Wildman–Crippen LogP) is 3.32. The van der Waals surface area contributed by atoms with Crippen LogP contribution in [0.1, 0.15) is 29.2 Å². The molecule has 1 unspecified atom stereocenters. The molecule has 0 spiro atoms. The number of methoxy groups -OCH3 is 2. The smallest absolute Gasteiger partial charge is 0.122 e. The Balaban J connectivity index is 2.03. The molecule has 108 valence electrons. The van der Waals surface area contributed by atoms with E-state index < -0.39 is 0 Å². The molecule has 1 N–H and O–H groups in total. The Morgan fingerprint density at radius 2 is 1.85 bits per heavy atom. The molecule has 0 saturated carbocycles. The lowest BCUT2D eigenvalue weighted by Crippen LogP contribution is -2.18. The summed E-state index contributed by atoms with van der Waals surface area (Å²) in [5.41, 5.74) is 2.20. The monoisotopic (exact) mass is 292 g/mol. The van der Waals surface area contributed by atoms with E-state index in [0.29, 0.717) is 0 Å². The minimum absolute atomic E-state index is 0.228. The fraction of sp³-hybridized carbons (Fsp3) is 0.400. The van der Waals surface area contributed by atoms with Crippen molar-refractivity contribution in [3.63, 3.8) is 0 Å². The van der Waals surface area contributed by atoms with Gasteiger partial charge in [0.05, 0.1) is 20.3 Å². The Morgan fingerprint density at radius 3 is 2.35 bits per heavy atom. The molecule has 2 aromatic rings. The zero-order chi connectivity index (χ0) is 14.5. The van der Waals surface area contributed by atoms with Crippen molar-refractivity contribution in [3.05, 3.63) is 39.8 Å². The van der Waals surface area contributed by atoms with Crippen LogP contribution in [0.5, 0.6) is 11.5 Å². The number of benzene rings is 1. The van der Waals surface area contributed by atoms with E-state index in [4.69, 9.17) is 9.47 Å². The van der Waals surface area contributed by atoms with E-state index >= 15 is 0 Å². The van der Waals surface area contributed by atoms with E-state index in [2.05, 4.69) is 22.6 Å². The van der Waals surface area contributed by atoms with Gasteiger partial charge in [0.1, 0.15) is 16.5 Å². The molecule has 1 heterocycles. The summed E-state index contributed by atoms with van der Waals surface area (Å²) in [4.78, 5) is 4.50. The second kappa shape index (κ2) is 6.72. The van der Waals surface area contributed by atoms with Crippen molar-refractivity contribution in [1.82, 2.24) is 10.3 Å². The topological polar surface area (TPSA) is 43.4 Å². The molecule has 2 rings (SSSR count). The van der Waals surface area contributed by atoms with Crippen LogP contribution in [-0.2, 0) is 6.54 Å². The molecule has 0 amide bonds. The molecule has 0 aliphatic carbocycles. The Kier molecular flexibility index (Phi) is 4.98. The molecule has 0 fully saturated rings. The molecule has 4 nitrogen and oxygen atoms in total. The quantitative estimate of drug-likeness (QED) is 0.887. The first-order chi connectivity index (χ1) is 9.62. The molecular formula is C15H20N2O2S. The highest BCUT2D eigenvalue weighted by Gasteiger charge is 2.09. The average molecular weight is 292 g/mol. The third-order valence-corrected chi connectivity index (χ3v) is 4.18. The second-order valence-electron chi connectivity index (χ2n) is 4.65. The maximum atomic E-state index is 5.27. The number of nitrogens with one attached hydrogen (secondary N) is 1. The SMILES string of the molecule is COc1cc(CNC(C)c2nc(C)cs2)cc(OC)c1. The van der Waals surface area contributed by atoms with E-state index in [9.17, 15) is 0 Å². The number of nitrogens with zero attached hydrogens (tertiary/aromatic N) is 1. The van der Waals surface area contributed by atoms with Gasteiger partial charge in [-0.3, -0.25) is 0 Å². The standard InChI is InChI=1S/C15H20N2O2S/c1-10-9-20-15(17-10)11(2)16-8-12-5-13(18-3)7-14(6-12)19-4/h5-7,9,11,16H,8H2,1-4H3. The lowest BCUT2D eigenvalue weighted by molar-refractivity contribution is 0.392. The predicted molar refractivity (Wildman–Crippen MR) is 81.7 cm³/mol. The maximum Gasteiger partial charge on any atom is 0.122 e. The zero-order valence-corrected chi connectivity index (χ0v) is 13.1. The van der Waals surface area contributed by atoms with Gasteiger partial charge in [0.25, 0.3) is 0 Å². The minimum atomic E-state index is 0.228. The van der Waals surface area contributed by atoms with E-state index in [1.54, 1.807) is 25.6 Å². The summed E-state index contributed by atoms with van der Waals surface area (Å²) in [6.07, 6.45) is 0. The van der Waals surface area contributed by atoms with Gasteiger partial charge < -0.3 is 14.8 Å². The Morgan fingerprint density at radius 1 is 1.20 bits per heavy atom. The van der Waals surface area contributed by atoms with Crippen molar-refractivity contribution in [3.8, 4) is 11.5 Å². The summed E-state index contributed by atoms with van der Waals surface area (Å²) in [6, 6.07) is 6.12. The lowest BCUT2D eigenvalue weighted by atomic mass is 10.2. The number of hydrogen-bond acceptors (Lipinski definition) is 5. The van der Waals surface area contributed by atoms with Crippen LogP contribution >= 0.6 is 11.3 Å². The molecule has 0 saturated heterocycles. The van der Waals surface area contributed by atoms with Gasteiger partial charge in [-0.15, -0.1) is 11.3 Å². The molecule has 1 atom stereocenters. The number of hydrogen-bond donors (Lipinski definition) is 1. The molecule has 5 heteroatoms. The maximum absolute atomic E-state index is 5.27. The summed E-state index contributed by atoms with van der Waals surface area (Å²) < 4.78 is 10.5. The van der Waals surface area contributed by atoms with Crippen molar-refractivity contribution in [2.24, 2.45) is 0 Å². The van der Waals surface area contributed by atoms with Gasteiger partial charge in [-0.05, 0) is 31.5 Å². The number of aryl methyl sites for hydroxylation is 1. The van der Waals surface area contributed by atoms with Gasteiger partial charge in [-0.2, -0.15) is 0 Å². The molecular weight excluding hydrogens is 272 g/mol. The Hall–Kier alpha value is -1.59. The van der Waals surface area contributed by atoms with Crippen LogP contribution < -0.4 is 14.8 Å². The van der Waals surface area contributed by atoms with Crippen LogP contribution in [-0.4, -0.2) is 19.2 Å². The van der Waals surface area contributed by atoms with Gasteiger partial charge in [-0.25, -0.2) is 4.98 Å². The van der Waals surface area contributed by atoms with E-state index in [-0.39, 0.29) is 6.04 Å². The van der Waals surface area contributed by atoms with Crippen LogP contribution in [0.2, 0.25) is 0 Å². The van der Waals surface area contributed by atoms with E-state index in [0.717, 1.165) is 34.3 Å². The van der Waals surface area contributed by atoms with Gasteiger partial charge in [0, 0.05) is 23.7 Å². The van der Waals surface area contributed by atoms with E-state index in [1.165, 1.54) is 0 Å². The highest BCUT2D eigenvalue weighted by molar-refractivity contribution is 7.09. The van der Waals surface area contributed by atoms with Gasteiger partial charge in [-0.1, -0.05) is 0 Å². The third-order valence-electron chi connectivity index (χ3n) is 3.03. The summed E-state index contributed by atoms with van der Waals surface area (Å²) >= 11 is 1.69. The number of thiazole rings is 1. The molecule has 0 aliphatic heterocycles. The third kappa shape index (κ3) is 3.71. The largest absolute Gasteiger partial charge is 0.497 e. The molecule has 0 bridgehead atoms. The number of aromatic nitrogens is 1. The van der Waals surface area contributed by atoms with Crippen molar-refractivity contribution >= 4 is 11.3 Å². The van der Waals surface area contributed by atoms with Crippen molar-refractivity contribution in [1.29, 1.82) is 0 Å². The first-order valence-electron chi connectivity index (χ1n) is 6.49. The zero-order valence-electron chi connectivity index (χ0n) is 12.3. The minimum Gasteiger partial charge on any atom is -0.497 e. The summed E-state index contributed by atoms with van der Waals surface area (Å²) in [7, 11) is 3.32. The molecule has 0 radical (unpaired) electrons. The molecule has 1 aromatic carbocycles. The van der Waals surface area contributed by atoms with Gasteiger partial charge >= 0.3 is 0 Å². The average Bonchev–Trinajstić information content (AvgIpc) is 2.91. The fourth-order valence-corrected chi connectivity index (χ4v) is 2.73. The molecule has 1 aromatic heterocycles. The normalized spacial score (nSPS) is 12.2. The second-order valence-corrected chi connectivity index (χ2v) is 5.54. The van der Waals surface area contributed by atoms with Crippen molar-refractivity contribution in [2.45, 2.75) is 26.4 Å². The Labute approximate surface area is 123 Å². The Bertz CT molecular complexity index is 547. The van der Waals surface area contributed by atoms with Gasteiger partial charge in [0.15, 0.2) is 0 Å². The van der Waals surface area contributed by atoms with Crippen LogP contribution in [0, 0.1) is 6.92 Å². The summed E-state index contributed by atoms with van der Waals surface area (Å²) in [5, 5.41) is 6.65. The molecule has 0 aliphatic rings. The van der Waals surface area contributed by atoms with Crippen LogP contribution in [0.4, 0.5) is 0 Å². The lowest BCUT2D eigenvalue weighted by Gasteiger charge is -2.13. The van der Waals surface area contributed by atoms with Crippen LogP contribution in [0.25, 0.3) is 0 Å². The van der Waals surface area contributed by atoms with E-state index in [1.807, 2.05) is 25.1 Å². The number of rotatable bonds is 6.